The Morgan fingerprint density at radius 3 is 2.52 bits per heavy atom. The van der Waals surface area contributed by atoms with Crippen LogP contribution >= 0.6 is 0 Å². The number of morpholine rings is 1. The summed E-state index contributed by atoms with van der Waals surface area (Å²) in [5.74, 6) is -1.52. The number of ether oxygens (including phenoxy) is 1. The lowest BCUT2D eigenvalue weighted by Gasteiger charge is -2.35. The number of aliphatic carboxylic acids is 1. The zero-order valence-corrected chi connectivity index (χ0v) is 16.0. The van der Waals surface area contributed by atoms with Crippen molar-refractivity contribution in [1.29, 1.82) is 0 Å². The standard InChI is InChI=1S/C18H24N2O6S/c1-13-11-19(12-16(26-13)18(22)23)17(21)14-6-5-7-15(10-14)27(24,25)20-8-3-2-4-9-20/h5-7,10,13,16H,2-4,8-9,11-12H2,1H3,(H,22,23)/t13-,16?/m1/s1. The molecule has 2 heterocycles. The predicted molar refractivity (Wildman–Crippen MR) is 96.9 cm³/mol. The van der Waals surface area contributed by atoms with Gasteiger partial charge in [0.2, 0.25) is 10.0 Å². The molecule has 2 atom stereocenters. The van der Waals surface area contributed by atoms with E-state index in [-0.39, 0.29) is 23.5 Å². The maximum atomic E-state index is 12.8. The molecule has 1 N–H and O–H groups in total. The molecule has 0 spiro atoms. The highest BCUT2D eigenvalue weighted by molar-refractivity contribution is 7.89. The third-order valence-corrected chi connectivity index (χ3v) is 6.75. The number of hydrogen-bond donors (Lipinski definition) is 1. The van der Waals surface area contributed by atoms with E-state index in [1.54, 1.807) is 19.1 Å². The van der Waals surface area contributed by atoms with Crippen molar-refractivity contribution in [3.63, 3.8) is 0 Å². The van der Waals surface area contributed by atoms with Crippen molar-refractivity contribution in [2.75, 3.05) is 26.2 Å². The van der Waals surface area contributed by atoms with E-state index in [0.717, 1.165) is 19.3 Å². The molecule has 0 radical (unpaired) electrons. The maximum absolute atomic E-state index is 12.8. The molecule has 1 amide bonds. The molecule has 8 nitrogen and oxygen atoms in total. The summed E-state index contributed by atoms with van der Waals surface area (Å²) in [4.78, 5) is 25.5. The van der Waals surface area contributed by atoms with E-state index in [0.29, 0.717) is 13.1 Å². The van der Waals surface area contributed by atoms with Crippen molar-refractivity contribution >= 4 is 21.9 Å². The smallest absolute Gasteiger partial charge is 0.334 e. The van der Waals surface area contributed by atoms with Gasteiger partial charge in [0.25, 0.3) is 5.91 Å². The molecule has 1 aromatic rings. The average Bonchev–Trinajstić information content (AvgIpc) is 2.67. The van der Waals surface area contributed by atoms with Gasteiger partial charge in [0.1, 0.15) is 0 Å². The van der Waals surface area contributed by atoms with Gasteiger partial charge in [0.05, 0.1) is 17.5 Å². The maximum Gasteiger partial charge on any atom is 0.334 e. The summed E-state index contributed by atoms with van der Waals surface area (Å²) in [6.45, 7) is 2.86. The molecule has 0 aliphatic carbocycles. The minimum atomic E-state index is -3.64. The fourth-order valence-corrected chi connectivity index (χ4v) is 5.04. The Labute approximate surface area is 158 Å². The summed E-state index contributed by atoms with van der Waals surface area (Å²) in [7, 11) is -3.64. The first-order valence-electron chi connectivity index (χ1n) is 9.07. The fraction of sp³-hybridized carbons (Fsp3) is 0.556. The van der Waals surface area contributed by atoms with Crippen molar-refractivity contribution in [1.82, 2.24) is 9.21 Å². The lowest BCUT2D eigenvalue weighted by Crippen LogP contribution is -2.51. The molecular formula is C18H24N2O6S. The van der Waals surface area contributed by atoms with E-state index in [1.807, 2.05) is 0 Å². The highest BCUT2D eigenvalue weighted by atomic mass is 32.2. The average molecular weight is 396 g/mol. The Bertz CT molecular complexity index is 819. The molecule has 148 valence electrons. The molecule has 2 aliphatic heterocycles. The van der Waals surface area contributed by atoms with Gasteiger partial charge in [-0.1, -0.05) is 12.5 Å². The number of benzene rings is 1. The topological polar surface area (TPSA) is 104 Å². The van der Waals surface area contributed by atoms with E-state index < -0.39 is 34.1 Å². The second-order valence-electron chi connectivity index (χ2n) is 6.98. The van der Waals surface area contributed by atoms with Gasteiger partial charge in [-0.15, -0.1) is 0 Å². The predicted octanol–water partition coefficient (Wildman–Crippen LogP) is 1.18. The Kier molecular flexibility index (Phi) is 5.83. The van der Waals surface area contributed by atoms with Crippen molar-refractivity contribution in [2.24, 2.45) is 0 Å². The van der Waals surface area contributed by atoms with Gasteiger partial charge in [0.15, 0.2) is 6.10 Å². The molecule has 0 saturated carbocycles. The van der Waals surface area contributed by atoms with Gasteiger partial charge >= 0.3 is 5.97 Å². The Balaban J connectivity index is 1.82. The number of carboxylic acids is 1. The number of hydrogen-bond acceptors (Lipinski definition) is 5. The zero-order valence-electron chi connectivity index (χ0n) is 15.2. The second kappa shape index (κ2) is 7.95. The highest BCUT2D eigenvalue weighted by Crippen LogP contribution is 2.22. The third-order valence-electron chi connectivity index (χ3n) is 4.86. The number of nitrogens with zero attached hydrogens (tertiary/aromatic N) is 2. The minimum Gasteiger partial charge on any atom is -0.479 e. The lowest BCUT2D eigenvalue weighted by atomic mass is 10.1. The third kappa shape index (κ3) is 4.31. The number of amides is 1. The van der Waals surface area contributed by atoms with Crippen LogP contribution in [0.25, 0.3) is 0 Å². The fourth-order valence-electron chi connectivity index (χ4n) is 3.48. The van der Waals surface area contributed by atoms with Crippen LogP contribution in [0.2, 0.25) is 0 Å². The summed E-state index contributed by atoms with van der Waals surface area (Å²) in [5, 5.41) is 9.17. The van der Waals surface area contributed by atoms with Crippen LogP contribution in [0.4, 0.5) is 0 Å². The monoisotopic (exact) mass is 396 g/mol. The first kappa shape index (κ1) is 19.8. The number of carbonyl (C=O) groups excluding carboxylic acids is 1. The molecular weight excluding hydrogens is 372 g/mol. The van der Waals surface area contributed by atoms with Crippen LogP contribution in [0, 0.1) is 0 Å². The van der Waals surface area contributed by atoms with Crippen LogP contribution in [0.1, 0.15) is 36.5 Å². The molecule has 2 saturated heterocycles. The highest BCUT2D eigenvalue weighted by Gasteiger charge is 2.33. The number of sulfonamides is 1. The quantitative estimate of drug-likeness (QED) is 0.819. The molecule has 2 aliphatic rings. The largest absolute Gasteiger partial charge is 0.479 e. The normalized spacial score (nSPS) is 24.6. The molecule has 0 aromatic heterocycles. The summed E-state index contributed by atoms with van der Waals surface area (Å²) >= 11 is 0. The van der Waals surface area contributed by atoms with E-state index in [9.17, 15) is 23.1 Å². The van der Waals surface area contributed by atoms with Crippen molar-refractivity contribution in [3.05, 3.63) is 29.8 Å². The molecule has 3 rings (SSSR count). The van der Waals surface area contributed by atoms with Gasteiger partial charge in [-0.2, -0.15) is 4.31 Å². The van der Waals surface area contributed by atoms with Gasteiger partial charge in [0, 0.05) is 25.2 Å². The number of carbonyl (C=O) groups is 2. The number of rotatable bonds is 4. The minimum absolute atomic E-state index is 0.0678. The van der Waals surface area contributed by atoms with Crippen LogP contribution in [0.5, 0.6) is 0 Å². The van der Waals surface area contributed by atoms with Crippen molar-refractivity contribution in [2.45, 2.75) is 43.3 Å². The summed E-state index contributed by atoms with van der Waals surface area (Å²) in [5.41, 5.74) is 0.228. The summed E-state index contributed by atoms with van der Waals surface area (Å²) in [6.07, 6.45) is 1.19. The van der Waals surface area contributed by atoms with Crippen molar-refractivity contribution in [3.8, 4) is 0 Å². The Morgan fingerprint density at radius 2 is 1.85 bits per heavy atom. The second-order valence-corrected chi connectivity index (χ2v) is 8.91. The molecule has 0 bridgehead atoms. The molecule has 2 fully saturated rings. The van der Waals surface area contributed by atoms with E-state index in [4.69, 9.17) is 4.74 Å². The van der Waals surface area contributed by atoms with Crippen LogP contribution in [0.3, 0.4) is 0 Å². The van der Waals surface area contributed by atoms with Gasteiger partial charge in [-0.05, 0) is 38.0 Å². The van der Waals surface area contributed by atoms with Crippen LogP contribution < -0.4 is 0 Å². The SMILES string of the molecule is C[C@@H]1CN(C(=O)c2cccc(S(=O)(=O)N3CCCCC3)c2)CC(C(=O)O)O1. The van der Waals surface area contributed by atoms with Crippen LogP contribution in [-0.2, 0) is 19.6 Å². The Morgan fingerprint density at radius 1 is 1.15 bits per heavy atom. The number of piperidine rings is 1. The van der Waals surface area contributed by atoms with E-state index in [2.05, 4.69) is 0 Å². The van der Waals surface area contributed by atoms with E-state index >= 15 is 0 Å². The number of carboxylic acid groups (broad SMARTS) is 1. The van der Waals surface area contributed by atoms with Gasteiger partial charge in [-0.3, -0.25) is 4.79 Å². The van der Waals surface area contributed by atoms with Crippen LogP contribution in [0.15, 0.2) is 29.2 Å². The van der Waals surface area contributed by atoms with Gasteiger partial charge < -0.3 is 14.7 Å². The van der Waals surface area contributed by atoms with Gasteiger partial charge in [-0.25, -0.2) is 13.2 Å². The Hall–Kier alpha value is -1.97. The summed E-state index contributed by atoms with van der Waals surface area (Å²) in [6, 6.07) is 5.96. The zero-order chi connectivity index (χ0) is 19.6. The molecule has 1 unspecified atom stereocenters. The molecule has 1 aromatic carbocycles. The van der Waals surface area contributed by atoms with Crippen molar-refractivity contribution < 1.29 is 27.9 Å². The molecule has 27 heavy (non-hydrogen) atoms. The molecule has 9 heteroatoms. The lowest BCUT2D eigenvalue weighted by molar-refractivity contribution is -0.160. The van der Waals surface area contributed by atoms with E-state index in [1.165, 1.54) is 21.3 Å². The first-order valence-corrected chi connectivity index (χ1v) is 10.5. The van der Waals surface area contributed by atoms with Crippen LogP contribution in [-0.4, -0.2) is 73.0 Å². The first-order chi connectivity index (χ1) is 12.8. The summed E-state index contributed by atoms with van der Waals surface area (Å²) < 4.78 is 32.5.